The van der Waals surface area contributed by atoms with Crippen LogP contribution in [-0.2, 0) is 17.3 Å². The SMILES string of the molecule is Cn1cc(C(C)(C)CC(=O)O)c2cccnc21. The quantitative estimate of drug-likeness (QED) is 0.883. The lowest BCUT2D eigenvalue weighted by atomic mass is 9.82. The second kappa shape index (κ2) is 3.87. The van der Waals surface area contributed by atoms with Gasteiger partial charge in [0.25, 0.3) is 0 Å². The summed E-state index contributed by atoms with van der Waals surface area (Å²) in [5, 5.41) is 10.00. The summed E-state index contributed by atoms with van der Waals surface area (Å²) in [6.07, 6.45) is 3.83. The van der Waals surface area contributed by atoms with Gasteiger partial charge in [0.2, 0.25) is 0 Å². The summed E-state index contributed by atoms with van der Waals surface area (Å²) < 4.78 is 1.94. The van der Waals surface area contributed by atoms with Gasteiger partial charge in [0.15, 0.2) is 0 Å². The third kappa shape index (κ3) is 2.02. The fourth-order valence-electron chi connectivity index (χ4n) is 2.23. The number of nitrogens with zero attached hydrogens (tertiary/aromatic N) is 2. The van der Waals surface area contributed by atoms with Crippen LogP contribution in [0.15, 0.2) is 24.5 Å². The van der Waals surface area contributed by atoms with Gasteiger partial charge in [-0.25, -0.2) is 4.98 Å². The van der Waals surface area contributed by atoms with E-state index in [1.807, 2.05) is 43.8 Å². The van der Waals surface area contributed by atoms with E-state index in [9.17, 15) is 4.79 Å². The van der Waals surface area contributed by atoms with Crippen LogP contribution < -0.4 is 0 Å². The molecule has 0 amide bonds. The maximum absolute atomic E-state index is 10.9. The molecule has 0 bridgehead atoms. The number of hydrogen-bond acceptors (Lipinski definition) is 2. The summed E-state index contributed by atoms with van der Waals surface area (Å²) in [7, 11) is 1.93. The van der Waals surface area contributed by atoms with Gasteiger partial charge in [0.05, 0.1) is 6.42 Å². The highest BCUT2D eigenvalue weighted by molar-refractivity contribution is 5.82. The topological polar surface area (TPSA) is 55.1 Å². The number of pyridine rings is 1. The Hall–Kier alpha value is -1.84. The second-order valence-corrected chi connectivity index (χ2v) is 4.98. The third-order valence-corrected chi connectivity index (χ3v) is 3.06. The zero-order chi connectivity index (χ0) is 12.6. The van der Waals surface area contributed by atoms with E-state index in [1.165, 1.54) is 0 Å². The van der Waals surface area contributed by atoms with E-state index in [1.54, 1.807) is 6.20 Å². The highest BCUT2D eigenvalue weighted by atomic mass is 16.4. The maximum atomic E-state index is 10.9. The Balaban J connectivity index is 2.59. The van der Waals surface area contributed by atoms with Crippen LogP contribution in [-0.4, -0.2) is 20.6 Å². The molecule has 2 aromatic rings. The molecule has 0 aliphatic rings. The zero-order valence-electron chi connectivity index (χ0n) is 10.3. The molecule has 0 aliphatic heterocycles. The summed E-state index contributed by atoms with van der Waals surface area (Å²) in [6.45, 7) is 3.89. The van der Waals surface area contributed by atoms with E-state index < -0.39 is 11.4 Å². The third-order valence-electron chi connectivity index (χ3n) is 3.06. The number of aromatic nitrogens is 2. The minimum atomic E-state index is -0.782. The molecule has 4 heteroatoms. The van der Waals surface area contributed by atoms with Crippen molar-refractivity contribution in [2.24, 2.45) is 7.05 Å². The molecule has 0 fully saturated rings. The van der Waals surface area contributed by atoms with Crippen LogP contribution >= 0.6 is 0 Å². The van der Waals surface area contributed by atoms with E-state index in [4.69, 9.17) is 5.11 Å². The number of aliphatic carboxylic acids is 1. The standard InChI is InChI=1S/C13H16N2O2/c1-13(2,7-11(16)17)10-8-15(3)12-9(10)5-4-6-14-12/h4-6,8H,7H2,1-3H3,(H,16,17). The smallest absolute Gasteiger partial charge is 0.304 e. The minimum absolute atomic E-state index is 0.112. The molecule has 0 aromatic carbocycles. The summed E-state index contributed by atoms with van der Waals surface area (Å²) in [6, 6.07) is 3.87. The van der Waals surface area contributed by atoms with Crippen molar-refractivity contribution in [1.82, 2.24) is 9.55 Å². The molecule has 0 saturated heterocycles. The molecular formula is C13H16N2O2. The van der Waals surface area contributed by atoms with Crippen LogP contribution in [0.2, 0.25) is 0 Å². The second-order valence-electron chi connectivity index (χ2n) is 4.98. The first-order chi connectivity index (χ1) is 7.92. The maximum Gasteiger partial charge on any atom is 0.304 e. The Kier molecular flexibility index (Phi) is 2.65. The molecule has 2 rings (SSSR count). The van der Waals surface area contributed by atoms with Crippen molar-refractivity contribution >= 4 is 17.0 Å². The summed E-state index contributed by atoms with van der Waals surface area (Å²) in [5.74, 6) is -0.782. The van der Waals surface area contributed by atoms with Gasteiger partial charge in [-0.15, -0.1) is 0 Å². The summed E-state index contributed by atoms with van der Waals surface area (Å²) >= 11 is 0. The lowest BCUT2D eigenvalue weighted by Crippen LogP contribution is -2.21. The Morgan fingerprint density at radius 3 is 2.88 bits per heavy atom. The van der Waals surface area contributed by atoms with Gasteiger partial charge >= 0.3 is 5.97 Å². The highest BCUT2D eigenvalue weighted by Crippen LogP contribution is 2.33. The first kappa shape index (κ1) is 11.6. The van der Waals surface area contributed by atoms with Crippen LogP contribution in [0.4, 0.5) is 0 Å². The van der Waals surface area contributed by atoms with Crippen molar-refractivity contribution in [3.63, 3.8) is 0 Å². The van der Waals surface area contributed by atoms with E-state index in [0.717, 1.165) is 16.6 Å². The van der Waals surface area contributed by atoms with Crippen LogP contribution in [0.5, 0.6) is 0 Å². The van der Waals surface area contributed by atoms with Crippen molar-refractivity contribution in [2.45, 2.75) is 25.7 Å². The van der Waals surface area contributed by atoms with Gasteiger partial charge in [-0.05, 0) is 17.7 Å². The van der Waals surface area contributed by atoms with E-state index >= 15 is 0 Å². The first-order valence-electron chi connectivity index (χ1n) is 5.54. The van der Waals surface area contributed by atoms with Crippen molar-refractivity contribution in [2.75, 3.05) is 0 Å². The fourth-order valence-corrected chi connectivity index (χ4v) is 2.23. The average Bonchev–Trinajstić information content (AvgIpc) is 2.56. The monoisotopic (exact) mass is 232 g/mol. The number of carbonyl (C=O) groups is 1. The van der Waals surface area contributed by atoms with Crippen molar-refractivity contribution in [1.29, 1.82) is 0 Å². The predicted molar refractivity (Wildman–Crippen MR) is 66.0 cm³/mol. The molecular weight excluding hydrogens is 216 g/mol. The van der Waals surface area contributed by atoms with Gasteiger partial charge in [0, 0.05) is 30.2 Å². The normalized spacial score (nSPS) is 11.9. The number of carboxylic acids is 1. The molecule has 17 heavy (non-hydrogen) atoms. The highest BCUT2D eigenvalue weighted by Gasteiger charge is 2.27. The van der Waals surface area contributed by atoms with Gasteiger partial charge in [-0.1, -0.05) is 13.8 Å². The Labute approximate surface area is 99.9 Å². The molecule has 4 nitrogen and oxygen atoms in total. The van der Waals surface area contributed by atoms with Crippen molar-refractivity contribution in [3.8, 4) is 0 Å². The van der Waals surface area contributed by atoms with Gasteiger partial charge in [-0.3, -0.25) is 4.79 Å². The van der Waals surface area contributed by atoms with Crippen LogP contribution in [0, 0.1) is 0 Å². The van der Waals surface area contributed by atoms with Crippen molar-refractivity contribution in [3.05, 3.63) is 30.1 Å². The molecule has 0 unspecified atom stereocenters. The molecule has 0 atom stereocenters. The van der Waals surface area contributed by atoms with E-state index in [-0.39, 0.29) is 6.42 Å². The molecule has 90 valence electrons. The number of carboxylic acid groups (broad SMARTS) is 1. The molecule has 0 aliphatic carbocycles. The van der Waals surface area contributed by atoms with Crippen LogP contribution in [0.1, 0.15) is 25.8 Å². The summed E-state index contributed by atoms with van der Waals surface area (Å²) in [5.41, 5.74) is 1.53. The minimum Gasteiger partial charge on any atom is -0.481 e. The number of aryl methyl sites for hydroxylation is 1. The van der Waals surface area contributed by atoms with Gasteiger partial charge < -0.3 is 9.67 Å². The first-order valence-corrected chi connectivity index (χ1v) is 5.54. The number of hydrogen-bond donors (Lipinski definition) is 1. The van der Waals surface area contributed by atoms with E-state index in [0.29, 0.717) is 0 Å². The zero-order valence-corrected chi connectivity index (χ0v) is 10.3. The van der Waals surface area contributed by atoms with Crippen molar-refractivity contribution < 1.29 is 9.90 Å². The Bertz CT molecular complexity index is 570. The predicted octanol–water partition coefficient (Wildman–Crippen LogP) is 2.33. The van der Waals surface area contributed by atoms with Crippen LogP contribution in [0.3, 0.4) is 0 Å². The molecule has 0 radical (unpaired) electrons. The number of rotatable bonds is 3. The number of fused-ring (bicyclic) bond motifs is 1. The van der Waals surface area contributed by atoms with Crippen LogP contribution in [0.25, 0.3) is 11.0 Å². The molecule has 0 spiro atoms. The largest absolute Gasteiger partial charge is 0.481 e. The van der Waals surface area contributed by atoms with Gasteiger partial charge in [-0.2, -0.15) is 0 Å². The molecule has 2 aromatic heterocycles. The lowest BCUT2D eigenvalue weighted by Gasteiger charge is -2.21. The summed E-state index contributed by atoms with van der Waals surface area (Å²) in [4.78, 5) is 15.2. The lowest BCUT2D eigenvalue weighted by molar-refractivity contribution is -0.138. The molecule has 0 saturated carbocycles. The molecule has 2 heterocycles. The molecule has 1 N–H and O–H groups in total. The van der Waals surface area contributed by atoms with E-state index in [2.05, 4.69) is 4.98 Å². The average molecular weight is 232 g/mol. The Morgan fingerprint density at radius 1 is 1.53 bits per heavy atom. The fraction of sp³-hybridized carbons (Fsp3) is 0.385. The van der Waals surface area contributed by atoms with Gasteiger partial charge in [0.1, 0.15) is 5.65 Å². The Morgan fingerprint density at radius 2 is 2.24 bits per heavy atom.